The van der Waals surface area contributed by atoms with Gasteiger partial charge in [0.25, 0.3) is 0 Å². The van der Waals surface area contributed by atoms with Gasteiger partial charge in [-0.25, -0.2) is 0 Å². The average molecular weight is 280 g/mol. The Morgan fingerprint density at radius 1 is 1.42 bits per heavy atom. The summed E-state index contributed by atoms with van der Waals surface area (Å²) in [5, 5.41) is 9.78. The van der Waals surface area contributed by atoms with Gasteiger partial charge in [0.15, 0.2) is 0 Å². The van der Waals surface area contributed by atoms with Crippen LogP contribution in [0.5, 0.6) is 0 Å². The molecule has 0 aromatic heterocycles. The molecule has 0 spiro atoms. The maximum absolute atomic E-state index is 11.2. The summed E-state index contributed by atoms with van der Waals surface area (Å²) in [4.78, 5) is 12.4. The number of carbonyl (C=O) groups excluding carboxylic acids is 1. The summed E-state index contributed by atoms with van der Waals surface area (Å²) in [7, 11) is 0. The predicted molar refractivity (Wildman–Crippen MR) is 76.4 cm³/mol. The lowest BCUT2D eigenvalue weighted by atomic mass is 10.1. The van der Waals surface area contributed by atoms with Crippen molar-refractivity contribution < 1.29 is 14.6 Å². The maximum atomic E-state index is 11.2. The zero-order chi connectivity index (χ0) is 13.7. The number of aliphatic hydroxyl groups is 1. The molecular weight excluding hydrogens is 260 g/mol. The fourth-order valence-electron chi connectivity index (χ4n) is 2.30. The molecule has 0 heterocycles. The molecule has 0 saturated heterocycles. The lowest BCUT2D eigenvalue weighted by Crippen LogP contribution is -2.17. The van der Waals surface area contributed by atoms with Gasteiger partial charge in [-0.3, -0.25) is 4.79 Å². The van der Waals surface area contributed by atoms with Gasteiger partial charge < -0.3 is 9.84 Å². The molecule has 1 N–H and O–H groups in total. The predicted octanol–water partition coefficient (Wildman–Crippen LogP) is 2.58. The zero-order valence-corrected chi connectivity index (χ0v) is 12.0. The van der Waals surface area contributed by atoms with E-state index in [2.05, 4.69) is 18.2 Å². The van der Waals surface area contributed by atoms with Crippen molar-refractivity contribution in [1.82, 2.24) is 0 Å². The molecule has 1 aliphatic carbocycles. The van der Waals surface area contributed by atoms with Crippen LogP contribution < -0.4 is 0 Å². The number of aliphatic hydroxyl groups excluding tert-OH is 1. The molecule has 3 nitrogen and oxygen atoms in total. The highest BCUT2D eigenvalue weighted by atomic mass is 32.2. The van der Waals surface area contributed by atoms with E-state index in [0.29, 0.717) is 12.4 Å². The first kappa shape index (κ1) is 14.4. The van der Waals surface area contributed by atoms with Crippen LogP contribution in [0.2, 0.25) is 0 Å². The van der Waals surface area contributed by atoms with Gasteiger partial charge in [0.2, 0.25) is 0 Å². The lowest BCUT2D eigenvalue weighted by molar-refractivity contribution is -0.144. The average Bonchev–Trinajstić information content (AvgIpc) is 2.83. The van der Waals surface area contributed by atoms with Crippen LogP contribution in [0.1, 0.15) is 30.9 Å². The molecule has 1 aromatic rings. The molecule has 0 fully saturated rings. The van der Waals surface area contributed by atoms with Crippen LogP contribution in [0, 0.1) is 0 Å². The monoisotopic (exact) mass is 280 g/mol. The number of rotatable bonds is 6. The molecule has 1 atom stereocenters. The van der Waals surface area contributed by atoms with Crippen molar-refractivity contribution in [3.05, 3.63) is 29.3 Å². The van der Waals surface area contributed by atoms with E-state index in [1.54, 1.807) is 18.7 Å². The molecule has 0 radical (unpaired) electrons. The van der Waals surface area contributed by atoms with Gasteiger partial charge in [-0.15, -0.1) is 11.8 Å². The Balaban J connectivity index is 1.80. The molecular formula is C15H20O3S. The van der Waals surface area contributed by atoms with Gasteiger partial charge >= 0.3 is 5.97 Å². The number of hydrogen-bond donors (Lipinski definition) is 1. The standard InChI is InChI=1S/C15H20O3S/c1-2-18-15(17)9-13(16)10-19-14-7-6-11-4-3-5-12(11)8-14/h6-8,13,16H,2-5,9-10H2,1H3. The molecule has 1 aliphatic rings. The van der Waals surface area contributed by atoms with Gasteiger partial charge in [-0.1, -0.05) is 6.07 Å². The van der Waals surface area contributed by atoms with E-state index in [-0.39, 0.29) is 12.4 Å². The molecule has 0 aliphatic heterocycles. The van der Waals surface area contributed by atoms with Crippen molar-refractivity contribution in [3.8, 4) is 0 Å². The van der Waals surface area contributed by atoms with Gasteiger partial charge in [0, 0.05) is 10.6 Å². The van der Waals surface area contributed by atoms with Crippen molar-refractivity contribution in [1.29, 1.82) is 0 Å². The number of aryl methyl sites for hydroxylation is 2. The molecule has 19 heavy (non-hydrogen) atoms. The number of benzene rings is 1. The SMILES string of the molecule is CCOC(=O)CC(O)CSc1ccc2c(c1)CCC2. The number of ether oxygens (including phenoxy) is 1. The Morgan fingerprint density at radius 3 is 3.00 bits per heavy atom. The third kappa shape index (κ3) is 4.25. The summed E-state index contributed by atoms with van der Waals surface area (Å²) in [5.74, 6) is 0.196. The molecule has 1 unspecified atom stereocenters. The molecule has 0 amide bonds. The quantitative estimate of drug-likeness (QED) is 0.642. The first-order chi connectivity index (χ1) is 9.19. The van der Waals surface area contributed by atoms with E-state index in [1.165, 1.54) is 28.9 Å². The third-order valence-electron chi connectivity index (χ3n) is 3.22. The summed E-state index contributed by atoms with van der Waals surface area (Å²) in [6, 6.07) is 6.50. The topological polar surface area (TPSA) is 46.5 Å². The van der Waals surface area contributed by atoms with Gasteiger partial charge in [0.05, 0.1) is 19.1 Å². The largest absolute Gasteiger partial charge is 0.466 e. The van der Waals surface area contributed by atoms with Crippen LogP contribution in [0.15, 0.2) is 23.1 Å². The molecule has 1 aromatic carbocycles. The summed E-state index contributed by atoms with van der Waals surface area (Å²) in [5.41, 5.74) is 2.89. The summed E-state index contributed by atoms with van der Waals surface area (Å²) in [6.45, 7) is 2.13. The smallest absolute Gasteiger partial charge is 0.308 e. The summed E-state index contributed by atoms with van der Waals surface area (Å²) in [6.07, 6.45) is 3.03. The Labute approximate surface area is 118 Å². The van der Waals surface area contributed by atoms with E-state index in [0.717, 1.165) is 6.42 Å². The molecule has 0 saturated carbocycles. The highest BCUT2D eigenvalue weighted by Crippen LogP contribution is 2.28. The number of esters is 1. The van der Waals surface area contributed by atoms with Crippen molar-refractivity contribution in [3.63, 3.8) is 0 Å². The lowest BCUT2D eigenvalue weighted by Gasteiger charge is -2.10. The Bertz CT molecular complexity index is 445. The summed E-state index contributed by atoms with van der Waals surface area (Å²) >= 11 is 1.60. The Kier molecular flexibility index (Phi) is 5.28. The fourth-order valence-corrected chi connectivity index (χ4v) is 3.19. The minimum Gasteiger partial charge on any atom is -0.466 e. The summed E-state index contributed by atoms with van der Waals surface area (Å²) < 4.78 is 4.82. The highest BCUT2D eigenvalue weighted by molar-refractivity contribution is 7.99. The molecule has 104 valence electrons. The first-order valence-electron chi connectivity index (χ1n) is 6.77. The first-order valence-corrected chi connectivity index (χ1v) is 7.76. The second-order valence-electron chi connectivity index (χ2n) is 4.76. The fraction of sp³-hybridized carbons (Fsp3) is 0.533. The highest BCUT2D eigenvalue weighted by Gasteiger charge is 2.14. The minimum atomic E-state index is -0.641. The van der Waals surface area contributed by atoms with Crippen molar-refractivity contribution in [2.45, 2.75) is 43.6 Å². The second kappa shape index (κ2) is 6.96. The molecule has 0 bridgehead atoms. The van der Waals surface area contributed by atoms with Crippen LogP contribution in [0.25, 0.3) is 0 Å². The van der Waals surface area contributed by atoms with Gasteiger partial charge in [-0.2, -0.15) is 0 Å². The van der Waals surface area contributed by atoms with Crippen molar-refractivity contribution in [2.75, 3.05) is 12.4 Å². The number of carbonyl (C=O) groups is 1. The Hall–Kier alpha value is -1.00. The molecule has 2 rings (SSSR count). The maximum Gasteiger partial charge on any atom is 0.308 e. The van der Waals surface area contributed by atoms with Crippen LogP contribution in [-0.4, -0.2) is 29.5 Å². The Morgan fingerprint density at radius 2 is 2.21 bits per heavy atom. The number of thioether (sulfide) groups is 1. The second-order valence-corrected chi connectivity index (χ2v) is 5.85. The van der Waals surface area contributed by atoms with E-state index in [9.17, 15) is 9.90 Å². The molecule has 4 heteroatoms. The van der Waals surface area contributed by atoms with Crippen LogP contribution in [0.3, 0.4) is 0 Å². The van der Waals surface area contributed by atoms with E-state index >= 15 is 0 Å². The number of fused-ring (bicyclic) bond motifs is 1. The van der Waals surface area contributed by atoms with Gasteiger partial charge in [-0.05, 0) is 49.4 Å². The normalized spacial score (nSPS) is 15.1. The van der Waals surface area contributed by atoms with Crippen LogP contribution >= 0.6 is 11.8 Å². The minimum absolute atomic E-state index is 0.0752. The third-order valence-corrected chi connectivity index (χ3v) is 4.36. The van der Waals surface area contributed by atoms with Crippen LogP contribution in [-0.2, 0) is 22.4 Å². The van der Waals surface area contributed by atoms with E-state index in [4.69, 9.17) is 4.74 Å². The van der Waals surface area contributed by atoms with Gasteiger partial charge in [0.1, 0.15) is 0 Å². The van der Waals surface area contributed by atoms with Crippen molar-refractivity contribution in [2.24, 2.45) is 0 Å². The van der Waals surface area contributed by atoms with E-state index < -0.39 is 6.10 Å². The number of hydrogen-bond acceptors (Lipinski definition) is 4. The van der Waals surface area contributed by atoms with Crippen LogP contribution in [0.4, 0.5) is 0 Å². The zero-order valence-electron chi connectivity index (χ0n) is 11.2. The van der Waals surface area contributed by atoms with Crippen molar-refractivity contribution >= 4 is 17.7 Å². The van der Waals surface area contributed by atoms with E-state index in [1.807, 2.05) is 0 Å².